The summed E-state index contributed by atoms with van der Waals surface area (Å²) in [7, 11) is 0. The SMILES string of the molecule is CC/C=C\C=C/CCCCCCCC(=O)O. The molecule has 0 aliphatic rings. The molecule has 0 atom stereocenters. The van der Waals surface area contributed by atoms with Crippen molar-refractivity contribution in [3.8, 4) is 0 Å². The number of hydrogen-bond acceptors (Lipinski definition) is 1. The molecule has 2 nitrogen and oxygen atoms in total. The second-order valence-corrected chi connectivity index (χ2v) is 3.96. The maximum atomic E-state index is 10.2. The molecular weight excluding hydrogens is 200 g/mol. The molecule has 0 unspecified atom stereocenters. The van der Waals surface area contributed by atoms with Crippen molar-refractivity contribution in [3.05, 3.63) is 24.3 Å². The van der Waals surface area contributed by atoms with Crippen molar-refractivity contribution in [1.29, 1.82) is 0 Å². The van der Waals surface area contributed by atoms with Gasteiger partial charge in [0.1, 0.15) is 0 Å². The summed E-state index contributed by atoms with van der Waals surface area (Å²) in [5, 5.41) is 8.44. The summed E-state index contributed by atoms with van der Waals surface area (Å²) < 4.78 is 0. The minimum atomic E-state index is -0.675. The number of hydrogen-bond donors (Lipinski definition) is 1. The fourth-order valence-corrected chi connectivity index (χ4v) is 1.46. The van der Waals surface area contributed by atoms with Crippen LogP contribution in [0.15, 0.2) is 24.3 Å². The van der Waals surface area contributed by atoms with Gasteiger partial charge in [-0.05, 0) is 25.7 Å². The van der Waals surface area contributed by atoms with E-state index in [1.54, 1.807) is 0 Å². The lowest BCUT2D eigenvalue weighted by atomic mass is 10.1. The number of carboxylic acid groups (broad SMARTS) is 1. The zero-order valence-electron chi connectivity index (χ0n) is 10.3. The third-order valence-electron chi connectivity index (χ3n) is 2.38. The first-order chi connectivity index (χ1) is 7.77. The third kappa shape index (κ3) is 12.9. The number of aliphatic carboxylic acids is 1. The molecule has 0 amide bonds. The van der Waals surface area contributed by atoms with Crippen LogP contribution in [0, 0.1) is 0 Å². The minimum absolute atomic E-state index is 0.321. The largest absolute Gasteiger partial charge is 0.481 e. The summed E-state index contributed by atoms with van der Waals surface area (Å²) in [4.78, 5) is 10.2. The van der Waals surface area contributed by atoms with Crippen molar-refractivity contribution >= 4 is 5.97 Å². The molecule has 0 aromatic rings. The van der Waals surface area contributed by atoms with Gasteiger partial charge in [-0.25, -0.2) is 0 Å². The van der Waals surface area contributed by atoms with Crippen LogP contribution in [-0.2, 0) is 4.79 Å². The van der Waals surface area contributed by atoms with Crippen LogP contribution in [0.4, 0.5) is 0 Å². The molecule has 92 valence electrons. The lowest BCUT2D eigenvalue weighted by molar-refractivity contribution is -0.137. The van der Waals surface area contributed by atoms with Gasteiger partial charge in [0.05, 0.1) is 0 Å². The van der Waals surface area contributed by atoms with Gasteiger partial charge in [0.25, 0.3) is 0 Å². The Morgan fingerprint density at radius 2 is 1.62 bits per heavy atom. The lowest BCUT2D eigenvalue weighted by Crippen LogP contribution is -1.93. The van der Waals surface area contributed by atoms with Crippen molar-refractivity contribution in [1.82, 2.24) is 0 Å². The molecule has 0 aliphatic heterocycles. The Bertz CT molecular complexity index is 217. The zero-order valence-corrected chi connectivity index (χ0v) is 10.3. The second kappa shape index (κ2) is 12.0. The van der Waals surface area contributed by atoms with Crippen molar-refractivity contribution in [2.75, 3.05) is 0 Å². The predicted octanol–water partition coefficient (Wildman–Crippen LogP) is 4.32. The average molecular weight is 224 g/mol. The molecule has 0 spiro atoms. The Balaban J connectivity index is 3.12. The molecule has 0 aromatic carbocycles. The van der Waals surface area contributed by atoms with E-state index in [1.807, 2.05) is 0 Å². The van der Waals surface area contributed by atoms with Gasteiger partial charge in [-0.2, -0.15) is 0 Å². The summed E-state index contributed by atoms with van der Waals surface area (Å²) >= 11 is 0. The highest BCUT2D eigenvalue weighted by Gasteiger charge is 1.95. The van der Waals surface area contributed by atoms with Gasteiger partial charge in [-0.1, -0.05) is 50.5 Å². The summed E-state index contributed by atoms with van der Waals surface area (Å²) in [5.41, 5.74) is 0. The highest BCUT2D eigenvalue weighted by molar-refractivity contribution is 5.66. The van der Waals surface area contributed by atoms with E-state index >= 15 is 0 Å². The molecule has 0 aliphatic carbocycles. The van der Waals surface area contributed by atoms with Gasteiger partial charge in [0.2, 0.25) is 0 Å². The van der Waals surface area contributed by atoms with Gasteiger partial charge in [0.15, 0.2) is 0 Å². The van der Waals surface area contributed by atoms with E-state index in [-0.39, 0.29) is 0 Å². The minimum Gasteiger partial charge on any atom is -0.481 e. The van der Waals surface area contributed by atoms with Gasteiger partial charge >= 0.3 is 5.97 Å². The van der Waals surface area contributed by atoms with Crippen molar-refractivity contribution in [3.63, 3.8) is 0 Å². The smallest absolute Gasteiger partial charge is 0.303 e. The first-order valence-electron chi connectivity index (χ1n) is 6.30. The van der Waals surface area contributed by atoms with E-state index in [1.165, 1.54) is 12.8 Å². The summed E-state index contributed by atoms with van der Waals surface area (Å²) in [5.74, 6) is -0.675. The Labute approximate surface area is 99.1 Å². The first-order valence-corrected chi connectivity index (χ1v) is 6.30. The summed E-state index contributed by atoms with van der Waals surface area (Å²) in [6.07, 6.45) is 16.5. The van der Waals surface area contributed by atoms with Crippen LogP contribution < -0.4 is 0 Å². The van der Waals surface area contributed by atoms with Crippen molar-refractivity contribution < 1.29 is 9.90 Å². The van der Waals surface area contributed by atoms with Crippen LogP contribution in [0.1, 0.15) is 58.3 Å². The lowest BCUT2D eigenvalue weighted by Gasteiger charge is -1.97. The van der Waals surface area contributed by atoms with Crippen molar-refractivity contribution in [2.45, 2.75) is 58.3 Å². The van der Waals surface area contributed by atoms with E-state index in [0.717, 1.165) is 32.1 Å². The molecule has 0 bridgehead atoms. The highest BCUT2D eigenvalue weighted by Crippen LogP contribution is 2.07. The molecule has 2 heteroatoms. The number of rotatable bonds is 10. The molecule has 1 N–H and O–H groups in total. The Hall–Kier alpha value is -1.05. The van der Waals surface area contributed by atoms with Crippen LogP contribution in [0.5, 0.6) is 0 Å². The molecule has 0 radical (unpaired) electrons. The molecule has 0 saturated heterocycles. The standard InChI is InChI=1S/C14H24O2/c1-2-3-4-5-6-7-8-9-10-11-12-13-14(15)16/h3-6H,2,7-13H2,1H3,(H,15,16)/b4-3-,6-5-. The molecule has 0 aromatic heterocycles. The van der Waals surface area contributed by atoms with Crippen LogP contribution in [0.25, 0.3) is 0 Å². The molecule has 0 fully saturated rings. The van der Waals surface area contributed by atoms with Crippen LogP contribution in [-0.4, -0.2) is 11.1 Å². The van der Waals surface area contributed by atoms with E-state index in [9.17, 15) is 4.79 Å². The second-order valence-electron chi connectivity index (χ2n) is 3.96. The van der Waals surface area contributed by atoms with E-state index in [2.05, 4.69) is 31.2 Å². The normalized spacial score (nSPS) is 11.6. The summed E-state index contributed by atoms with van der Waals surface area (Å²) in [6.45, 7) is 2.13. The maximum absolute atomic E-state index is 10.2. The van der Waals surface area contributed by atoms with E-state index < -0.39 is 5.97 Å². The number of carboxylic acids is 1. The van der Waals surface area contributed by atoms with Gasteiger partial charge in [-0.3, -0.25) is 4.79 Å². The molecule has 16 heavy (non-hydrogen) atoms. The Morgan fingerprint density at radius 3 is 2.31 bits per heavy atom. The highest BCUT2D eigenvalue weighted by atomic mass is 16.4. The summed E-state index contributed by atoms with van der Waals surface area (Å²) in [6, 6.07) is 0. The van der Waals surface area contributed by atoms with Crippen LogP contribution in [0.3, 0.4) is 0 Å². The van der Waals surface area contributed by atoms with Gasteiger partial charge in [-0.15, -0.1) is 0 Å². The average Bonchev–Trinajstić information content (AvgIpc) is 2.25. The molecular formula is C14H24O2. The molecule has 0 rings (SSSR count). The van der Waals surface area contributed by atoms with Gasteiger partial charge < -0.3 is 5.11 Å². The van der Waals surface area contributed by atoms with Gasteiger partial charge in [0, 0.05) is 6.42 Å². The number of carbonyl (C=O) groups is 1. The monoisotopic (exact) mass is 224 g/mol. The quantitative estimate of drug-likeness (QED) is 0.443. The van der Waals surface area contributed by atoms with Crippen molar-refractivity contribution in [2.24, 2.45) is 0 Å². The Morgan fingerprint density at radius 1 is 1.00 bits per heavy atom. The van der Waals surface area contributed by atoms with E-state index in [4.69, 9.17) is 5.11 Å². The molecule has 0 heterocycles. The van der Waals surface area contributed by atoms with Crippen LogP contribution in [0.2, 0.25) is 0 Å². The first kappa shape index (κ1) is 14.9. The maximum Gasteiger partial charge on any atom is 0.303 e. The Kier molecular flexibility index (Phi) is 11.2. The third-order valence-corrected chi connectivity index (χ3v) is 2.38. The molecule has 0 saturated carbocycles. The van der Waals surface area contributed by atoms with E-state index in [0.29, 0.717) is 6.42 Å². The fraction of sp³-hybridized carbons (Fsp3) is 0.643. The number of allylic oxidation sites excluding steroid dienone is 4. The topological polar surface area (TPSA) is 37.3 Å². The fourth-order valence-electron chi connectivity index (χ4n) is 1.46. The van der Waals surface area contributed by atoms with Crippen LogP contribution >= 0.6 is 0 Å². The predicted molar refractivity (Wildman–Crippen MR) is 68.5 cm³/mol. The number of unbranched alkanes of at least 4 members (excludes halogenated alkanes) is 5. The zero-order chi connectivity index (χ0) is 12.1.